The van der Waals surface area contributed by atoms with Crippen LogP contribution in [0, 0.1) is 0 Å². The Morgan fingerprint density at radius 3 is 2.64 bits per heavy atom. The van der Waals surface area contributed by atoms with E-state index in [1.54, 1.807) is 36.4 Å². The van der Waals surface area contributed by atoms with Gasteiger partial charge >= 0.3 is 0 Å². The van der Waals surface area contributed by atoms with Crippen molar-refractivity contribution in [2.75, 3.05) is 5.75 Å². The Morgan fingerprint density at radius 2 is 1.93 bits per heavy atom. The molecule has 0 saturated carbocycles. The Morgan fingerprint density at radius 1 is 1.21 bits per heavy atom. The van der Waals surface area contributed by atoms with Crippen molar-refractivity contribution in [3.05, 3.63) is 63.9 Å². The Kier molecular flexibility index (Phi) is 6.75. The Balaban J connectivity index is 1.96. The van der Waals surface area contributed by atoms with E-state index in [2.05, 4.69) is 17.2 Å². The van der Waals surface area contributed by atoms with Crippen LogP contribution in [0.4, 0.5) is 0 Å². The van der Waals surface area contributed by atoms with E-state index in [0.29, 0.717) is 26.8 Å². The predicted molar refractivity (Wildman–Crippen MR) is 116 cm³/mol. The van der Waals surface area contributed by atoms with Crippen LogP contribution in [-0.2, 0) is 4.79 Å². The molecule has 0 radical (unpaired) electrons. The van der Waals surface area contributed by atoms with Gasteiger partial charge in [0, 0.05) is 11.1 Å². The van der Waals surface area contributed by atoms with E-state index in [-0.39, 0.29) is 23.3 Å². The standard InChI is InChI=1S/C21H22ClN3O2S/c1-3-6-14(2)23-19(26)13-28-21-24-18-8-5-4-7-17(18)20(27)25(21)16-11-9-15(22)10-12-16/h4-5,7-12,14H,3,6,13H2,1-2H3,(H,23,26)/t14-/m0/s1. The van der Waals surface area contributed by atoms with Gasteiger partial charge in [0.05, 0.1) is 22.3 Å². The molecule has 146 valence electrons. The fourth-order valence-corrected chi connectivity index (χ4v) is 3.93. The number of benzene rings is 2. The molecule has 1 atom stereocenters. The quantitative estimate of drug-likeness (QED) is 0.457. The number of hydrogen-bond donors (Lipinski definition) is 1. The Labute approximate surface area is 173 Å². The molecule has 5 nitrogen and oxygen atoms in total. The first kappa shape index (κ1) is 20.4. The van der Waals surface area contributed by atoms with Crippen LogP contribution >= 0.6 is 23.4 Å². The van der Waals surface area contributed by atoms with E-state index in [0.717, 1.165) is 12.8 Å². The summed E-state index contributed by atoms with van der Waals surface area (Å²) in [5, 5.41) is 4.57. The second-order valence-electron chi connectivity index (χ2n) is 6.57. The number of carbonyl (C=O) groups is 1. The van der Waals surface area contributed by atoms with E-state index >= 15 is 0 Å². The number of nitrogens with zero attached hydrogens (tertiary/aromatic N) is 2. The normalized spacial score (nSPS) is 12.1. The number of aromatic nitrogens is 2. The van der Waals surface area contributed by atoms with Crippen molar-refractivity contribution in [1.82, 2.24) is 14.9 Å². The molecule has 1 heterocycles. The molecule has 3 aromatic rings. The van der Waals surface area contributed by atoms with Gasteiger partial charge < -0.3 is 5.32 Å². The van der Waals surface area contributed by atoms with Crippen LogP contribution < -0.4 is 10.9 Å². The Bertz CT molecular complexity index is 1030. The van der Waals surface area contributed by atoms with Crippen molar-refractivity contribution in [2.45, 2.75) is 37.9 Å². The third-order valence-corrected chi connectivity index (χ3v) is 5.48. The van der Waals surface area contributed by atoms with E-state index < -0.39 is 0 Å². The van der Waals surface area contributed by atoms with Crippen LogP contribution in [0.3, 0.4) is 0 Å². The molecule has 28 heavy (non-hydrogen) atoms. The summed E-state index contributed by atoms with van der Waals surface area (Å²) >= 11 is 7.24. The molecule has 0 aliphatic carbocycles. The Hall–Kier alpha value is -2.31. The second kappa shape index (κ2) is 9.26. The molecule has 0 bridgehead atoms. The van der Waals surface area contributed by atoms with Crippen LogP contribution in [0.5, 0.6) is 0 Å². The summed E-state index contributed by atoms with van der Waals surface area (Å²) in [6, 6.07) is 14.3. The van der Waals surface area contributed by atoms with E-state index in [9.17, 15) is 9.59 Å². The molecule has 1 amide bonds. The van der Waals surface area contributed by atoms with E-state index in [1.807, 2.05) is 19.1 Å². The van der Waals surface area contributed by atoms with Crippen molar-refractivity contribution in [2.24, 2.45) is 0 Å². The highest BCUT2D eigenvalue weighted by atomic mass is 35.5. The average Bonchev–Trinajstić information content (AvgIpc) is 2.68. The molecule has 0 unspecified atom stereocenters. The maximum Gasteiger partial charge on any atom is 0.266 e. The van der Waals surface area contributed by atoms with Gasteiger partial charge in [0.25, 0.3) is 5.56 Å². The first-order valence-corrected chi connectivity index (χ1v) is 10.6. The summed E-state index contributed by atoms with van der Waals surface area (Å²) in [5.41, 5.74) is 1.10. The van der Waals surface area contributed by atoms with Crippen molar-refractivity contribution < 1.29 is 4.79 Å². The highest BCUT2D eigenvalue weighted by molar-refractivity contribution is 7.99. The number of fused-ring (bicyclic) bond motifs is 1. The molecule has 2 aromatic carbocycles. The van der Waals surface area contributed by atoms with Crippen LogP contribution in [-0.4, -0.2) is 27.3 Å². The maximum atomic E-state index is 13.1. The lowest BCUT2D eigenvalue weighted by molar-refractivity contribution is -0.119. The topological polar surface area (TPSA) is 64.0 Å². The highest BCUT2D eigenvalue weighted by Crippen LogP contribution is 2.22. The first-order chi connectivity index (χ1) is 13.5. The fraction of sp³-hybridized carbons (Fsp3) is 0.286. The van der Waals surface area contributed by atoms with Crippen LogP contribution in [0.1, 0.15) is 26.7 Å². The number of amides is 1. The number of nitrogens with one attached hydrogen (secondary N) is 1. The minimum atomic E-state index is -0.171. The summed E-state index contributed by atoms with van der Waals surface area (Å²) in [6.07, 6.45) is 1.94. The number of carbonyl (C=O) groups excluding carboxylic acids is 1. The highest BCUT2D eigenvalue weighted by Gasteiger charge is 2.15. The van der Waals surface area contributed by atoms with Crippen LogP contribution in [0.25, 0.3) is 16.6 Å². The number of para-hydroxylation sites is 1. The minimum absolute atomic E-state index is 0.0731. The fourth-order valence-electron chi connectivity index (χ4n) is 2.98. The molecule has 1 N–H and O–H groups in total. The van der Waals surface area contributed by atoms with Crippen molar-refractivity contribution in [3.8, 4) is 5.69 Å². The van der Waals surface area contributed by atoms with Gasteiger partial charge in [0.2, 0.25) is 5.91 Å². The van der Waals surface area contributed by atoms with Crippen molar-refractivity contribution in [3.63, 3.8) is 0 Å². The SMILES string of the molecule is CCC[C@H](C)NC(=O)CSc1nc2ccccc2c(=O)n1-c1ccc(Cl)cc1. The molecule has 1 aromatic heterocycles. The summed E-state index contributed by atoms with van der Waals surface area (Å²) in [5.74, 6) is 0.114. The zero-order valence-electron chi connectivity index (χ0n) is 15.8. The van der Waals surface area contributed by atoms with Gasteiger partial charge in [-0.15, -0.1) is 0 Å². The van der Waals surface area contributed by atoms with E-state index in [1.165, 1.54) is 16.3 Å². The molecule has 0 saturated heterocycles. The molecule has 3 rings (SSSR count). The maximum absolute atomic E-state index is 13.1. The lowest BCUT2D eigenvalue weighted by Crippen LogP contribution is -2.34. The van der Waals surface area contributed by atoms with Gasteiger partial charge in [-0.25, -0.2) is 4.98 Å². The third-order valence-electron chi connectivity index (χ3n) is 4.29. The largest absolute Gasteiger partial charge is 0.353 e. The lowest BCUT2D eigenvalue weighted by Gasteiger charge is -2.15. The summed E-state index contributed by atoms with van der Waals surface area (Å²) < 4.78 is 1.53. The molecule has 0 aliphatic heterocycles. The number of thioether (sulfide) groups is 1. The lowest BCUT2D eigenvalue weighted by atomic mass is 10.2. The van der Waals surface area contributed by atoms with Gasteiger partial charge in [-0.3, -0.25) is 14.2 Å². The van der Waals surface area contributed by atoms with Gasteiger partial charge in [-0.2, -0.15) is 0 Å². The summed E-state index contributed by atoms with van der Waals surface area (Å²) in [7, 11) is 0. The van der Waals surface area contributed by atoms with Gasteiger partial charge in [0.1, 0.15) is 0 Å². The smallest absolute Gasteiger partial charge is 0.266 e. The van der Waals surface area contributed by atoms with Crippen molar-refractivity contribution >= 4 is 40.2 Å². The third kappa shape index (κ3) is 4.75. The van der Waals surface area contributed by atoms with Gasteiger partial charge in [0.15, 0.2) is 5.16 Å². The predicted octanol–water partition coefficient (Wildman–Crippen LogP) is 4.44. The number of rotatable bonds is 7. The minimum Gasteiger partial charge on any atom is -0.353 e. The monoisotopic (exact) mass is 415 g/mol. The first-order valence-electron chi connectivity index (χ1n) is 9.19. The average molecular weight is 416 g/mol. The molecule has 7 heteroatoms. The van der Waals surface area contributed by atoms with Crippen LogP contribution in [0.15, 0.2) is 58.5 Å². The molecule has 0 aliphatic rings. The zero-order valence-corrected chi connectivity index (χ0v) is 17.4. The number of hydrogen-bond acceptors (Lipinski definition) is 4. The number of halogens is 1. The van der Waals surface area contributed by atoms with Crippen LogP contribution in [0.2, 0.25) is 5.02 Å². The van der Waals surface area contributed by atoms with Gasteiger partial charge in [-0.1, -0.05) is 48.8 Å². The van der Waals surface area contributed by atoms with Crippen molar-refractivity contribution in [1.29, 1.82) is 0 Å². The summed E-state index contributed by atoms with van der Waals surface area (Å²) in [4.78, 5) is 30.0. The molecule has 0 spiro atoms. The zero-order chi connectivity index (χ0) is 20.1. The molecule has 0 fully saturated rings. The second-order valence-corrected chi connectivity index (χ2v) is 7.95. The molecular formula is C21H22ClN3O2S. The summed E-state index contributed by atoms with van der Waals surface area (Å²) in [6.45, 7) is 4.07. The van der Waals surface area contributed by atoms with E-state index in [4.69, 9.17) is 11.6 Å². The molecular weight excluding hydrogens is 394 g/mol. The van der Waals surface area contributed by atoms with Gasteiger partial charge in [-0.05, 0) is 49.7 Å².